The highest BCUT2D eigenvalue weighted by molar-refractivity contribution is 6.01. The molecule has 0 aliphatic rings. The Bertz CT molecular complexity index is 1050. The predicted octanol–water partition coefficient (Wildman–Crippen LogP) is 5.07. The molecule has 0 saturated carbocycles. The van der Waals surface area contributed by atoms with Gasteiger partial charge in [0.2, 0.25) is 0 Å². The Morgan fingerprint density at radius 3 is 2.46 bits per heavy atom. The quantitative estimate of drug-likeness (QED) is 0.527. The van der Waals surface area contributed by atoms with Crippen molar-refractivity contribution >= 4 is 17.0 Å². The number of fused-ring (bicyclic) bond motifs is 1. The zero-order chi connectivity index (χ0) is 17.9. The van der Waals surface area contributed by atoms with Crippen LogP contribution >= 0.6 is 0 Å². The Morgan fingerprint density at radius 1 is 0.962 bits per heavy atom. The van der Waals surface area contributed by atoms with Crippen LogP contribution in [0.25, 0.3) is 33.4 Å². The van der Waals surface area contributed by atoms with Crippen LogP contribution in [0.5, 0.6) is 0 Å². The van der Waals surface area contributed by atoms with Gasteiger partial charge in [0, 0.05) is 11.8 Å². The molecule has 4 heteroatoms. The van der Waals surface area contributed by atoms with Crippen molar-refractivity contribution in [1.29, 1.82) is 0 Å². The van der Waals surface area contributed by atoms with E-state index in [0.29, 0.717) is 12.2 Å². The van der Waals surface area contributed by atoms with E-state index in [4.69, 9.17) is 4.74 Å². The molecule has 0 aliphatic carbocycles. The van der Waals surface area contributed by atoms with E-state index in [1.165, 1.54) is 0 Å². The number of aromatic nitrogens is 2. The van der Waals surface area contributed by atoms with Gasteiger partial charge in [-0.05, 0) is 42.3 Å². The molecule has 0 fully saturated rings. The number of esters is 1. The number of carbonyl (C=O) groups excluding carboxylic acids is 1. The zero-order valence-electron chi connectivity index (χ0n) is 14.4. The fraction of sp³-hybridized carbons (Fsp3) is 0.0909. The Labute approximate surface area is 151 Å². The molecule has 128 valence electrons. The molecule has 0 amide bonds. The van der Waals surface area contributed by atoms with E-state index in [1.807, 2.05) is 42.5 Å². The lowest BCUT2D eigenvalue weighted by molar-refractivity contribution is 0.0526. The van der Waals surface area contributed by atoms with E-state index < -0.39 is 0 Å². The Balaban J connectivity index is 1.85. The molecule has 4 nitrogen and oxygen atoms in total. The van der Waals surface area contributed by atoms with Crippen molar-refractivity contribution in [3.05, 3.63) is 78.5 Å². The summed E-state index contributed by atoms with van der Waals surface area (Å²) in [6.45, 7) is 2.17. The third-order valence-corrected chi connectivity index (χ3v) is 4.30. The van der Waals surface area contributed by atoms with Gasteiger partial charge in [-0.1, -0.05) is 42.5 Å². The summed E-state index contributed by atoms with van der Waals surface area (Å²) in [4.78, 5) is 19.9. The van der Waals surface area contributed by atoms with Crippen molar-refractivity contribution < 1.29 is 9.53 Å². The van der Waals surface area contributed by atoms with Crippen molar-refractivity contribution in [3.8, 4) is 22.4 Å². The number of hydrogen-bond donors (Lipinski definition) is 1. The molecule has 2 aromatic heterocycles. The van der Waals surface area contributed by atoms with Gasteiger partial charge in [0.25, 0.3) is 0 Å². The van der Waals surface area contributed by atoms with Gasteiger partial charge < -0.3 is 9.72 Å². The molecule has 0 unspecified atom stereocenters. The molecule has 4 aromatic rings. The van der Waals surface area contributed by atoms with E-state index in [2.05, 4.69) is 22.1 Å². The summed E-state index contributed by atoms with van der Waals surface area (Å²) >= 11 is 0. The van der Waals surface area contributed by atoms with Crippen molar-refractivity contribution in [3.63, 3.8) is 0 Å². The number of aromatic amines is 1. The van der Waals surface area contributed by atoms with Crippen LogP contribution in [0, 0.1) is 0 Å². The summed E-state index contributed by atoms with van der Waals surface area (Å²) in [7, 11) is 0. The minimum Gasteiger partial charge on any atom is -0.462 e. The summed E-state index contributed by atoms with van der Waals surface area (Å²) in [6.07, 6.45) is 1.80. The van der Waals surface area contributed by atoms with Crippen molar-refractivity contribution in [2.24, 2.45) is 0 Å². The standard InChI is InChI=1S/C22H18N2O2/c1-2-26-22(25)17-12-10-16(11-13-17)20-19(15-7-4-3-5-8-15)21-18(24-20)9-6-14-23-21/h3-14,24H,2H2,1H3. The highest BCUT2D eigenvalue weighted by Gasteiger charge is 2.16. The molecule has 1 N–H and O–H groups in total. The van der Waals surface area contributed by atoms with Gasteiger partial charge in [-0.15, -0.1) is 0 Å². The first kappa shape index (κ1) is 16.1. The Kier molecular flexibility index (Phi) is 4.23. The van der Waals surface area contributed by atoms with Gasteiger partial charge in [-0.25, -0.2) is 4.79 Å². The van der Waals surface area contributed by atoms with Crippen LogP contribution in [-0.4, -0.2) is 22.5 Å². The number of carbonyl (C=O) groups is 1. The highest BCUT2D eigenvalue weighted by atomic mass is 16.5. The molecule has 0 radical (unpaired) electrons. The first-order chi connectivity index (χ1) is 12.8. The molecule has 0 aliphatic heterocycles. The van der Waals surface area contributed by atoms with Gasteiger partial charge in [0.15, 0.2) is 0 Å². The number of nitrogens with zero attached hydrogens (tertiary/aromatic N) is 1. The summed E-state index contributed by atoms with van der Waals surface area (Å²) in [6, 6.07) is 21.6. The Morgan fingerprint density at radius 2 is 1.73 bits per heavy atom. The largest absolute Gasteiger partial charge is 0.462 e. The average molecular weight is 342 g/mol. The summed E-state index contributed by atoms with van der Waals surface area (Å²) < 4.78 is 5.06. The van der Waals surface area contributed by atoms with Crippen molar-refractivity contribution in [2.75, 3.05) is 6.61 Å². The first-order valence-corrected chi connectivity index (χ1v) is 8.57. The van der Waals surface area contributed by atoms with E-state index in [-0.39, 0.29) is 5.97 Å². The number of nitrogens with one attached hydrogen (secondary N) is 1. The SMILES string of the molecule is CCOC(=O)c1ccc(-c2[nH]c3cccnc3c2-c2ccccc2)cc1. The molecule has 26 heavy (non-hydrogen) atoms. The molecular weight excluding hydrogens is 324 g/mol. The smallest absolute Gasteiger partial charge is 0.338 e. The monoisotopic (exact) mass is 342 g/mol. The van der Waals surface area contributed by atoms with Crippen molar-refractivity contribution in [1.82, 2.24) is 9.97 Å². The van der Waals surface area contributed by atoms with Gasteiger partial charge >= 0.3 is 5.97 Å². The maximum atomic E-state index is 11.9. The van der Waals surface area contributed by atoms with Crippen LogP contribution in [0.3, 0.4) is 0 Å². The van der Waals surface area contributed by atoms with E-state index in [0.717, 1.165) is 33.4 Å². The molecule has 2 heterocycles. The van der Waals surface area contributed by atoms with Gasteiger partial charge in [-0.3, -0.25) is 4.98 Å². The van der Waals surface area contributed by atoms with Crippen molar-refractivity contribution in [2.45, 2.75) is 6.92 Å². The molecule has 2 aromatic carbocycles. The number of ether oxygens (including phenoxy) is 1. The molecule has 4 rings (SSSR count). The normalized spacial score (nSPS) is 10.8. The highest BCUT2D eigenvalue weighted by Crippen LogP contribution is 2.37. The molecule has 0 atom stereocenters. The van der Waals surface area contributed by atoms with Gasteiger partial charge in [-0.2, -0.15) is 0 Å². The minimum absolute atomic E-state index is 0.305. The number of hydrogen-bond acceptors (Lipinski definition) is 3. The number of H-pyrrole nitrogens is 1. The number of pyridine rings is 1. The topological polar surface area (TPSA) is 55.0 Å². The van der Waals surface area contributed by atoms with Crippen LogP contribution in [0.4, 0.5) is 0 Å². The summed E-state index contributed by atoms with van der Waals surface area (Å²) in [5.74, 6) is -0.305. The van der Waals surface area contributed by atoms with E-state index >= 15 is 0 Å². The zero-order valence-corrected chi connectivity index (χ0v) is 14.4. The Hall–Kier alpha value is -3.40. The van der Waals surface area contributed by atoms with E-state index in [9.17, 15) is 4.79 Å². The number of rotatable bonds is 4. The lowest BCUT2D eigenvalue weighted by atomic mass is 10.00. The second kappa shape index (κ2) is 6.84. The lowest BCUT2D eigenvalue weighted by Crippen LogP contribution is -2.04. The molecule has 0 saturated heterocycles. The fourth-order valence-corrected chi connectivity index (χ4v) is 3.11. The average Bonchev–Trinajstić information content (AvgIpc) is 3.08. The number of benzene rings is 2. The second-order valence-corrected chi connectivity index (χ2v) is 5.94. The fourth-order valence-electron chi connectivity index (χ4n) is 3.11. The predicted molar refractivity (Wildman–Crippen MR) is 103 cm³/mol. The molecular formula is C22H18N2O2. The van der Waals surface area contributed by atoms with E-state index in [1.54, 1.807) is 25.3 Å². The summed E-state index contributed by atoms with van der Waals surface area (Å²) in [5.41, 5.74) is 6.60. The second-order valence-electron chi connectivity index (χ2n) is 5.94. The third kappa shape index (κ3) is 2.86. The first-order valence-electron chi connectivity index (χ1n) is 8.57. The van der Waals surface area contributed by atoms with Gasteiger partial charge in [0.1, 0.15) is 0 Å². The molecule has 0 bridgehead atoms. The molecule has 0 spiro atoms. The van der Waals surface area contributed by atoms with Crippen LogP contribution in [-0.2, 0) is 4.74 Å². The maximum Gasteiger partial charge on any atom is 0.338 e. The minimum atomic E-state index is -0.305. The summed E-state index contributed by atoms with van der Waals surface area (Å²) in [5, 5.41) is 0. The third-order valence-electron chi connectivity index (χ3n) is 4.30. The lowest BCUT2D eigenvalue weighted by Gasteiger charge is -2.07. The van der Waals surface area contributed by atoms with Crippen LogP contribution in [0.15, 0.2) is 72.9 Å². The van der Waals surface area contributed by atoms with Crippen LogP contribution < -0.4 is 0 Å². The van der Waals surface area contributed by atoms with Crippen LogP contribution in [0.2, 0.25) is 0 Å². The van der Waals surface area contributed by atoms with Crippen LogP contribution in [0.1, 0.15) is 17.3 Å². The van der Waals surface area contributed by atoms with Gasteiger partial charge in [0.05, 0.1) is 28.9 Å². The maximum absolute atomic E-state index is 11.9.